The summed E-state index contributed by atoms with van der Waals surface area (Å²) < 4.78 is 0. The van der Waals surface area contributed by atoms with Gasteiger partial charge in [0.15, 0.2) is 0 Å². The number of nitrogens with two attached hydrogens (primary N) is 1. The van der Waals surface area contributed by atoms with Crippen LogP contribution in [0.1, 0.15) is 84.0 Å². The summed E-state index contributed by atoms with van der Waals surface area (Å²) in [6.45, 7) is 2.45. The standard InChI is InChI=1S/C19H35N/c1-14-2-4-15(5-3-14)16-6-8-17(9-7-16)18-10-12-19(20)13-11-18/h14-19H,2-13,20H2,1H3. The van der Waals surface area contributed by atoms with E-state index in [4.69, 9.17) is 5.73 Å². The van der Waals surface area contributed by atoms with Crippen molar-refractivity contribution >= 4 is 0 Å². The molecule has 0 heterocycles. The van der Waals surface area contributed by atoms with Gasteiger partial charge in [0, 0.05) is 6.04 Å². The lowest BCUT2D eigenvalue weighted by Crippen LogP contribution is -2.32. The molecule has 1 heteroatoms. The number of hydrogen-bond acceptors (Lipinski definition) is 1. The Kier molecular flexibility index (Phi) is 5.07. The van der Waals surface area contributed by atoms with E-state index in [0.29, 0.717) is 6.04 Å². The summed E-state index contributed by atoms with van der Waals surface area (Å²) in [5.41, 5.74) is 6.06. The molecule has 0 unspecified atom stereocenters. The van der Waals surface area contributed by atoms with Crippen molar-refractivity contribution in [3.8, 4) is 0 Å². The van der Waals surface area contributed by atoms with Crippen molar-refractivity contribution in [3.05, 3.63) is 0 Å². The molecule has 0 radical (unpaired) electrons. The molecule has 0 bridgehead atoms. The maximum atomic E-state index is 6.06. The summed E-state index contributed by atoms with van der Waals surface area (Å²) in [7, 11) is 0. The molecule has 0 aromatic rings. The fraction of sp³-hybridized carbons (Fsp3) is 1.00. The Morgan fingerprint density at radius 3 is 1.20 bits per heavy atom. The molecular weight excluding hydrogens is 242 g/mol. The smallest absolute Gasteiger partial charge is 0.00390 e. The minimum absolute atomic E-state index is 0.520. The molecule has 3 saturated carbocycles. The summed E-state index contributed by atoms with van der Waals surface area (Å²) in [4.78, 5) is 0. The molecule has 116 valence electrons. The Bertz CT molecular complexity index is 246. The van der Waals surface area contributed by atoms with Crippen LogP contribution in [0, 0.1) is 29.6 Å². The lowest BCUT2D eigenvalue weighted by molar-refractivity contribution is 0.112. The predicted molar refractivity (Wildman–Crippen MR) is 86.5 cm³/mol. The van der Waals surface area contributed by atoms with Gasteiger partial charge in [-0.25, -0.2) is 0 Å². The van der Waals surface area contributed by atoms with Crippen molar-refractivity contribution in [1.82, 2.24) is 0 Å². The molecule has 0 aromatic carbocycles. The Morgan fingerprint density at radius 1 is 0.500 bits per heavy atom. The van der Waals surface area contributed by atoms with Gasteiger partial charge in [-0.1, -0.05) is 19.8 Å². The highest BCUT2D eigenvalue weighted by Crippen LogP contribution is 2.45. The van der Waals surface area contributed by atoms with Crippen molar-refractivity contribution < 1.29 is 0 Å². The van der Waals surface area contributed by atoms with Gasteiger partial charge in [-0.2, -0.15) is 0 Å². The molecule has 3 aliphatic carbocycles. The van der Waals surface area contributed by atoms with Crippen LogP contribution in [0.5, 0.6) is 0 Å². The van der Waals surface area contributed by atoms with Crippen molar-refractivity contribution in [3.63, 3.8) is 0 Å². The summed E-state index contributed by atoms with van der Waals surface area (Å²) >= 11 is 0. The summed E-state index contributed by atoms with van der Waals surface area (Å²) in [6, 6.07) is 0.520. The molecule has 0 atom stereocenters. The van der Waals surface area contributed by atoms with Gasteiger partial charge in [-0.3, -0.25) is 0 Å². The molecule has 3 aliphatic rings. The number of hydrogen-bond donors (Lipinski definition) is 1. The third kappa shape index (κ3) is 3.59. The zero-order valence-electron chi connectivity index (χ0n) is 13.5. The molecule has 3 fully saturated rings. The van der Waals surface area contributed by atoms with E-state index in [1.165, 1.54) is 64.2 Å². The van der Waals surface area contributed by atoms with Crippen molar-refractivity contribution in [1.29, 1.82) is 0 Å². The van der Waals surface area contributed by atoms with Crippen LogP contribution in [0.3, 0.4) is 0 Å². The summed E-state index contributed by atoms with van der Waals surface area (Å²) in [5, 5.41) is 0. The first-order valence-corrected chi connectivity index (χ1v) is 9.48. The molecule has 3 rings (SSSR count). The van der Waals surface area contributed by atoms with E-state index in [1.807, 2.05) is 0 Å². The minimum Gasteiger partial charge on any atom is -0.328 e. The van der Waals surface area contributed by atoms with E-state index < -0.39 is 0 Å². The Labute approximate surface area is 126 Å². The van der Waals surface area contributed by atoms with Crippen molar-refractivity contribution in [2.75, 3.05) is 0 Å². The van der Waals surface area contributed by atoms with E-state index in [0.717, 1.165) is 29.6 Å². The molecule has 0 spiro atoms. The average molecular weight is 277 g/mol. The molecular formula is C19H35N. The Morgan fingerprint density at radius 2 is 0.800 bits per heavy atom. The highest BCUT2D eigenvalue weighted by Gasteiger charge is 2.33. The molecule has 0 amide bonds. The second-order valence-corrected chi connectivity index (χ2v) is 8.37. The van der Waals surface area contributed by atoms with Crippen LogP contribution < -0.4 is 5.73 Å². The first-order valence-electron chi connectivity index (χ1n) is 9.48. The SMILES string of the molecule is CC1CCC(C2CCC(C3CCC(N)CC3)CC2)CC1. The molecule has 0 aliphatic heterocycles. The van der Waals surface area contributed by atoms with Crippen LogP contribution >= 0.6 is 0 Å². The zero-order valence-corrected chi connectivity index (χ0v) is 13.5. The predicted octanol–water partition coefficient (Wildman–Crippen LogP) is 5.14. The third-order valence-electron chi connectivity index (χ3n) is 7.03. The maximum absolute atomic E-state index is 6.06. The van der Waals surface area contributed by atoms with Gasteiger partial charge in [-0.15, -0.1) is 0 Å². The van der Waals surface area contributed by atoms with Crippen molar-refractivity contribution in [2.45, 2.75) is 90.0 Å². The van der Waals surface area contributed by atoms with E-state index in [2.05, 4.69) is 6.92 Å². The lowest BCUT2D eigenvalue weighted by Gasteiger charge is -2.40. The van der Waals surface area contributed by atoms with Gasteiger partial charge in [0.2, 0.25) is 0 Å². The van der Waals surface area contributed by atoms with Crippen molar-refractivity contribution in [2.24, 2.45) is 35.3 Å². The fourth-order valence-corrected chi connectivity index (χ4v) is 5.46. The second kappa shape index (κ2) is 6.81. The summed E-state index contributed by atoms with van der Waals surface area (Å²) in [6.07, 6.45) is 17.7. The Balaban J connectivity index is 1.42. The van der Waals surface area contributed by atoms with E-state index >= 15 is 0 Å². The van der Waals surface area contributed by atoms with Gasteiger partial charge in [0.1, 0.15) is 0 Å². The van der Waals surface area contributed by atoms with Crippen LogP contribution in [-0.2, 0) is 0 Å². The first-order chi connectivity index (χ1) is 9.72. The topological polar surface area (TPSA) is 26.0 Å². The minimum atomic E-state index is 0.520. The first kappa shape index (κ1) is 14.9. The zero-order chi connectivity index (χ0) is 13.9. The van der Waals surface area contributed by atoms with E-state index in [1.54, 1.807) is 12.8 Å². The highest BCUT2D eigenvalue weighted by molar-refractivity contribution is 4.85. The van der Waals surface area contributed by atoms with Crippen LogP contribution in [0.15, 0.2) is 0 Å². The van der Waals surface area contributed by atoms with Gasteiger partial charge in [-0.05, 0) is 93.8 Å². The normalized spacial score (nSPS) is 47.1. The monoisotopic (exact) mass is 277 g/mol. The Hall–Kier alpha value is -0.0400. The second-order valence-electron chi connectivity index (χ2n) is 8.37. The van der Waals surface area contributed by atoms with Crippen LogP contribution in [0.25, 0.3) is 0 Å². The van der Waals surface area contributed by atoms with Gasteiger partial charge < -0.3 is 5.73 Å². The molecule has 20 heavy (non-hydrogen) atoms. The molecule has 0 aromatic heterocycles. The average Bonchev–Trinajstić information content (AvgIpc) is 2.49. The fourth-order valence-electron chi connectivity index (χ4n) is 5.46. The molecule has 0 saturated heterocycles. The largest absolute Gasteiger partial charge is 0.328 e. The maximum Gasteiger partial charge on any atom is 0.00390 e. The highest BCUT2D eigenvalue weighted by atomic mass is 14.6. The third-order valence-corrected chi connectivity index (χ3v) is 7.03. The van der Waals surface area contributed by atoms with Crippen LogP contribution in [0.2, 0.25) is 0 Å². The van der Waals surface area contributed by atoms with E-state index in [-0.39, 0.29) is 0 Å². The van der Waals surface area contributed by atoms with Gasteiger partial charge in [0.05, 0.1) is 0 Å². The quantitative estimate of drug-likeness (QED) is 0.743. The lowest BCUT2D eigenvalue weighted by atomic mass is 9.65. The van der Waals surface area contributed by atoms with Crippen LogP contribution in [0.4, 0.5) is 0 Å². The van der Waals surface area contributed by atoms with E-state index in [9.17, 15) is 0 Å². The van der Waals surface area contributed by atoms with Crippen LogP contribution in [-0.4, -0.2) is 6.04 Å². The molecule has 1 nitrogen and oxygen atoms in total. The molecule has 2 N–H and O–H groups in total. The van der Waals surface area contributed by atoms with Gasteiger partial charge in [0.25, 0.3) is 0 Å². The van der Waals surface area contributed by atoms with Gasteiger partial charge >= 0.3 is 0 Å². The number of rotatable bonds is 2. The summed E-state index contributed by atoms with van der Waals surface area (Å²) in [5.74, 6) is 5.27.